The summed E-state index contributed by atoms with van der Waals surface area (Å²) in [5.41, 5.74) is 0.173. The first kappa shape index (κ1) is 11.9. The smallest absolute Gasteiger partial charge is 0.358 e. The van der Waals surface area contributed by atoms with Crippen LogP contribution in [0.25, 0.3) is 0 Å². The Morgan fingerprint density at radius 3 is 2.47 bits per heavy atom. The Hall–Kier alpha value is -1.16. The van der Waals surface area contributed by atoms with Gasteiger partial charge in [-0.2, -0.15) is 0 Å². The Balaban J connectivity index is 2.65. The number of nitrogens with zero attached hydrogens (tertiary/aromatic N) is 2. The molecule has 0 aliphatic carbocycles. The second-order valence-electron chi connectivity index (χ2n) is 3.58. The first-order chi connectivity index (χ1) is 7.00. The lowest BCUT2D eigenvalue weighted by molar-refractivity contribution is 0.0230. The lowest BCUT2D eigenvalue weighted by atomic mass is 10.1. The number of carbonyl (C=O) groups is 1. The zero-order valence-corrected chi connectivity index (χ0v) is 9.65. The van der Waals surface area contributed by atoms with E-state index in [1.54, 1.807) is 0 Å². The molecule has 0 saturated carbocycles. The van der Waals surface area contributed by atoms with Gasteiger partial charge < -0.3 is 4.74 Å². The molecule has 82 valence electrons. The minimum Gasteiger partial charge on any atom is -0.458 e. The molecule has 5 heteroatoms. The van der Waals surface area contributed by atoms with E-state index in [1.807, 2.05) is 20.8 Å². The second kappa shape index (κ2) is 5.07. The fourth-order valence-electron chi connectivity index (χ4n) is 0.783. The fraction of sp³-hybridized carbons (Fsp3) is 0.500. The van der Waals surface area contributed by atoms with Gasteiger partial charge in [0, 0.05) is 0 Å². The number of hydrogen-bond donors (Lipinski definition) is 0. The first-order valence-electron chi connectivity index (χ1n) is 4.69. The Morgan fingerprint density at radius 2 is 2.00 bits per heavy atom. The summed E-state index contributed by atoms with van der Waals surface area (Å²) in [6, 6.07) is 0. The van der Waals surface area contributed by atoms with Crippen molar-refractivity contribution in [2.75, 3.05) is 0 Å². The van der Waals surface area contributed by atoms with Crippen molar-refractivity contribution in [3.8, 4) is 0 Å². The molecule has 0 spiro atoms. The molecule has 1 aromatic rings. The number of hydrogen-bond acceptors (Lipinski definition) is 4. The normalized spacial score (nSPS) is 12.6. The highest BCUT2D eigenvalue weighted by Crippen LogP contribution is 2.09. The van der Waals surface area contributed by atoms with E-state index in [0.717, 1.165) is 0 Å². The topological polar surface area (TPSA) is 52.1 Å². The van der Waals surface area contributed by atoms with Gasteiger partial charge in [-0.15, -0.1) is 0 Å². The van der Waals surface area contributed by atoms with Crippen molar-refractivity contribution in [1.82, 2.24) is 9.97 Å². The predicted octanol–water partition coefficient (Wildman–Crippen LogP) is 2.33. The van der Waals surface area contributed by atoms with E-state index < -0.39 is 5.97 Å². The summed E-state index contributed by atoms with van der Waals surface area (Å²) in [5, 5.41) is 0.253. The van der Waals surface area contributed by atoms with E-state index in [2.05, 4.69) is 9.97 Å². The van der Waals surface area contributed by atoms with Gasteiger partial charge >= 0.3 is 5.97 Å². The molecule has 1 unspecified atom stereocenters. The third-order valence-corrected chi connectivity index (χ3v) is 2.26. The number of ether oxygens (including phenoxy) is 1. The summed E-state index contributed by atoms with van der Waals surface area (Å²) in [6.45, 7) is 5.79. The Labute approximate surface area is 93.6 Å². The molecule has 1 atom stereocenters. The van der Waals surface area contributed by atoms with Crippen LogP contribution >= 0.6 is 11.6 Å². The van der Waals surface area contributed by atoms with Gasteiger partial charge in [0.15, 0.2) is 5.69 Å². The molecule has 0 radical (unpaired) electrons. The van der Waals surface area contributed by atoms with Gasteiger partial charge in [-0.05, 0) is 12.8 Å². The van der Waals surface area contributed by atoms with Gasteiger partial charge in [0.05, 0.1) is 12.4 Å². The molecule has 1 aromatic heterocycles. The van der Waals surface area contributed by atoms with Gasteiger partial charge in [0.1, 0.15) is 11.3 Å². The molecule has 0 N–H and O–H groups in total. The van der Waals surface area contributed by atoms with Crippen molar-refractivity contribution in [1.29, 1.82) is 0 Å². The molecule has 0 aliphatic heterocycles. The average Bonchev–Trinajstić information content (AvgIpc) is 2.18. The zero-order chi connectivity index (χ0) is 11.4. The van der Waals surface area contributed by atoms with Crippen molar-refractivity contribution >= 4 is 17.6 Å². The van der Waals surface area contributed by atoms with Crippen molar-refractivity contribution < 1.29 is 9.53 Å². The molecule has 4 nitrogen and oxygen atoms in total. The van der Waals surface area contributed by atoms with Gasteiger partial charge in [-0.25, -0.2) is 14.8 Å². The van der Waals surface area contributed by atoms with Crippen molar-refractivity contribution in [3.05, 3.63) is 23.2 Å². The minimum atomic E-state index is -0.472. The quantitative estimate of drug-likeness (QED) is 0.745. The summed E-state index contributed by atoms with van der Waals surface area (Å²) < 4.78 is 5.15. The molecule has 0 fully saturated rings. The van der Waals surface area contributed by atoms with Crippen LogP contribution in [0, 0.1) is 5.92 Å². The van der Waals surface area contributed by atoms with E-state index in [9.17, 15) is 4.79 Å². The maximum Gasteiger partial charge on any atom is 0.358 e. The fourth-order valence-corrected chi connectivity index (χ4v) is 0.881. The van der Waals surface area contributed by atoms with Crippen molar-refractivity contribution in [2.24, 2.45) is 5.92 Å². The Bertz CT molecular complexity index is 338. The van der Waals surface area contributed by atoms with Crippen LogP contribution in [0.4, 0.5) is 0 Å². The third kappa shape index (κ3) is 3.47. The standard InChI is InChI=1S/C10H13ClN2O2/c1-6(2)7(3)15-10(14)8-4-13-9(11)5-12-8/h4-7H,1-3H3. The monoisotopic (exact) mass is 228 g/mol. The summed E-state index contributed by atoms with van der Waals surface area (Å²) >= 11 is 5.55. The van der Waals surface area contributed by atoms with E-state index in [0.29, 0.717) is 0 Å². The number of esters is 1. The third-order valence-electron chi connectivity index (χ3n) is 2.06. The highest BCUT2D eigenvalue weighted by Gasteiger charge is 2.15. The van der Waals surface area contributed by atoms with Crippen LogP contribution in [0.3, 0.4) is 0 Å². The summed E-state index contributed by atoms with van der Waals surface area (Å²) in [5.74, 6) is -0.199. The van der Waals surface area contributed by atoms with E-state index in [4.69, 9.17) is 16.3 Å². The molecule has 1 rings (SSSR count). The molecule has 15 heavy (non-hydrogen) atoms. The van der Waals surface area contributed by atoms with Gasteiger partial charge in [-0.3, -0.25) is 0 Å². The average molecular weight is 229 g/mol. The molecule has 0 aromatic carbocycles. The van der Waals surface area contributed by atoms with Crippen LogP contribution < -0.4 is 0 Å². The van der Waals surface area contributed by atoms with E-state index >= 15 is 0 Å². The largest absolute Gasteiger partial charge is 0.458 e. The maximum absolute atomic E-state index is 11.5. The van der Waals surface area contributed by atoms with Crippen molar-refractivity contribution in [3.63, 3.8) is 0 Å². The van der Waals surface area contributed by atoms with Crippen molar-refractivity contribution in [2.45, 2.75) is 26.9 Å². The van der Waals surface area contributed by atoms with Crippen LogP contribution in [-0.2, 0) is 4.74 Å². The SMILES string of the molecule is CC(C)C(C)OC(=O)c1cnc(Cl)cn1. The highest BCUT2D eigenvalue weighted by atomic mass is 35.5. The summed E-state index contributed by atoms with van der Waals surface area (Å²) in [4.78, 5) is 19.1. The number of carbonyl (C=O) groups excluding carboxylic acids is 1. The molecule has 1 heterocycles. The van der Waals surface area contributed by atoms with Crippen LogP contribution in [-0.4, -0.2) is 22.0 Å². The Kier molecular flexibility index (Phi) is 4.03. The van der Waals surface area contributed by atoms with E-state index in [1.165, 1.54) is 12.4 Å². The maximum atomic E-state index is 11.5. The lowest BCUT2D eigenvalue weighted by Gasteiger charge is -2.15. The molecule has 0 amide bonds. The number of halogens is 1. The van der Waals surface area contributed by atoms with Crippen LogP contribution in [0.1, 0.15) is 31.3 Å². The second-order valence-corrected chi connectivity index (χ2v) is 3.97. The highest BCUT2D eigenvalue weighted by molar-refractivity contribution is 6.29. The molecular weight excluding hydrogens is 216 g/mol. The number of aromatic nitrogens is 2. The molecular formula is C10H13ClN2O2. The van der Waals surface area contributed by atoms with Crippen LogP contribution in [0.5, 0.6) is 0 Å². The Morgan fingerprint density at radius 1 is 1.33 bits per heavy atom. The van der Waals surface area contributed by atoms with Gasteiger partial charge in [-0.1, -0.05) is 25.4 Å². The predicted molar refractivity (Wildman–Crippen MR) is 56.8 cm³/mol. The van der Waals surface area contributed by atoms with Crippen LogP contribution in [0.15, 0.2) is 12.4 Å². The molecule has 0 aliphatic rings. The first-order valence-corrected chi connectivity index (χ1v) is 5.07. The molecule has 0 bridgehead atoms. The van der Waals surface area contributed by atoms with Crippen LogP contribution in [0.2, 0.25) is 5.15 Å². The van der Waals surface area contributed by atoms with Gasteiger partial charge in [0.2, 0.25) is 0 Å². The zero-order valence-electron chi connectivity index (χ0n) is 8.90. The minimum absolute atomic E-state index is 0.144. The van der Waals surface area contributed by atoms with E-state index in [-0.39, 0.29) is 22.9 Å². The summed E-state index contributed by atoms with van der Waals surface area (Å²) in [6.07, 6.45) is 2.48. The lowest BCUT2D eigenvalue weighted by Crippen LogP contribution is -2.20. The number of rotatable bonds is 3. The molecule has 0 saturated heterocycles. The van der Waals surface area contributed by atoms with Gasteiger partial charge in [0.25, 0.3) is 0 Å². The summed E-state index contributed by atoms with van der Waals surface area (Å²) in [7, 11) is 0.